The molecule has 0 unspecified atom stereocenters. The van der Waals surface area contributed by atoms with Crippen LogP contribution in [0.4, 0.5) is 21.5 Å². The van der Waals surface area contributed by atoms with E-state index in [-0.39, 0.29) is 41.4 Å². The minimum Gasteiger partial charge on any atom is -0.504 e. The fourth-order valence-corrected chi connectivity index (χ4v) is 9.23. The molecule has 4 amide bonds. The minimum absolute atomic E-state index is 0.0452. The highest BCUT2D eigenvalue weighted by atomic mass is 127. The first-order valence-electron chi connectivity index (χ1n) is 14.7. The van der Waals surface area contributed by atoms with Crippen molar-refractivity contribution in [2.24, 2.45) is 17.8 Å². The Labute approximate surface area is 295 Å². The number of phenols is 1. The summed E-state index contributed by atoms with van der Waals surface area (Å²) >= 11 is 16.6. The Morgan fingerprint density at radius 3 is 2.21 bits per heavy atom. The second-order valence-corrected chi connectivity index (χ2v) is 14.5. The molecule has 0 bridgehead atoms. The zero-order valence-corrected chi connectivity index (χ0v) is 28.4. The average Bonchev–Trinajstić information content (AvgIpc) is 3.40. The molecule has 2 aliphatic heterocycles. The van der Waals surface area contributed by atoms with Gasteiger partial charge in [-0.1, -0.05) is 11.6 Å². The van der Waals surface area contributed by atoms with Crippen LogP contribution in [0.3, 0.4) is 0 Å². The summed E-state index contributed by atoms with van der Waals surface area (Å²) in [4.78, 5) is 65.0. The molecule has 1 saturated carbocycles. The highest BCUT2D eigenvalue weighted by molar-refractivity contribution is 14.1. The molecule has 0 aromatic heterocycles. The predicted molar refractivity (Wildman–Crippen MR) is 180 cm³/mol. The van der Waals surface area contributed by atoms with E-state index in [1.165, 1.54) is 49.6 Å². The van der Waals surface area contributed by atoms with Crippen molar-refractivity contribution in [3.63, 3.8) is 0 Å². The van der Waals surface area contributed by atoms with Gasteiger partial charge in [-0.05, 0) is 95.4 Å². The lowest BCUT2D eigenvalue weighted by atomic mass is 9.56. The lowest BCUT2D eigenvalue weighted by Crippen LogP contribution is -2.60. The second kappa shape index (κ2) is 11.2. The molecule has 2 heterocycles. The number of ether oxygens (including phenoxy) is 1. The summed E-state index contributed by atoms with van der Waals surface area (Å²) < 4.78 is 19.6. The van der Waals surface area contributed by atoms with E-state index in [1.54, 1.807) is 12.1 Å². The second-order valence-electron chi connectivity index (χ2n) is 12.1. The van der Waals surface area contributed by atoms with Crippen LogP contribution in [-0.2, 0) is 19.2 Å². The normalized spacial score (nSPS) is 29.4. The Morgan fingerprint density at radius 1 is 0.958 bits per heavy atom. The summed E-state index contributed by atoms with van der Waals surface area (Å²) in [6.07, 6.45) is 1.56. The van der Waals surface area contributed by atoms with Crippen LogP contribution in [0.1, 0.15) is 24.3 Å². The van der Waals surface area contributed by atoms with Crippen molar-refractivity contribution in [3.8, 4) is 11.5 Å². The summed E-state index contributed by atoms with van der Waals surface area (Å²) in [7, 11) is 1.35. The smallest absolute Gasteiger partial charge is 0.269 e. The minimum atomic E-state index is -2.16. The third kappa shape index (κ3) is 4.36. The number of fused-ring (bicyclic) bond motifs is 4. The fraction of sp³-hybridized carbons (Fsp3) is 0.273. The third-order valence-electron chi connectivity index (χ3n) is 9.82. The lowest BCUT2D eigenvalue weighted by Gasteiger charge is -2.50. The van der Waals surface area contributed by atoms with Gasteiger partial charge < -0.3 is 9.84 Å². The summed E-state index contributed by atoms with van der Waals surface area (Å²) in [5.41, 5.74) is 0.864. The third-order valence-corrected chi connectivity index (χ3v) is 12.1. The first-order valence-corrected chi connectivity index (χ1v) is 16.5. The van der Waals surface area contributed by atoms with E-state index in [4.69, 9.17) is 27.9 Å². The Kier molecular flexibility index (Phi) is 7.60. The Hall–Kier alpha value is -4.08. The molecule has 0 radical (unpaired) electrons. The molecular weight excluding hydrogens is 783 g/mol. The standard InChI is InChI=1S/C33H23Cl2FIN3O8/c1-48-24-13-15(12-23(37)27(24)41)26-20-10-11-21-25(29(43)38(28(21)42)17-6-8-19(9-7-17)40(46)47)22(20)14-32(34)30(44)39(31(45)33(26,32)35)18-4-2-16(36)3-5-18/h2-10,12-13,21-22,25-26,41H,11,14H2,1H3/t21-,22+,25-,26-,32+,33-/m0/s1. The number of imide groups is 2. The van der Waals surface area contributed by atoms with Crippen molar-refractivity contribution in [1.82, 2.24) is 0 Å². The number of amides is 4. The number of carbonyl (C=O) groups is 4. The predicted octanol–water partition coefficient (Wildman–Crippen LogP) is 5.82. The van der Waals surface area contributed by atoms with Gasteiger partial charge in [-0.2, -0.15) is 0 Å². The maximum Gasteiger partial charge on any atom is 0.269 e. The van der Waals surface area contributed by atoms with Crippen LogP contribution in [0.2, 0.25) is 0 Å². The van der Waals surface area contributed by atoms with Crippen LogP contribution in [0.5, 0.6) is 11.5 Å². The highest BCUT2D eigenvalue weighted by Gasteiger charge is 2.76. The number of rotatable bonds is 5. The Morgan fingerprint density at radius 2 is 1.58 bits per heavy atom. The number of nitrogens with zero attached hydrogens (tertiary/aromatic N) is 3. The topological polar surface area (TPSA) is 147 Å². The van der Waals surface area contributed by atoms with Crippen molar-refractivity contribution in [2.45, 2.75) is 28.5 Å². The van der Waals surface area contributed by atoms with Gasteiger partial charge in [0.05, 0.1) is 38.8 Å². The van der Waals surface area contributed by atoms with Gasteiger partial charge in [0.15, 0.2) is 21.2 Å². The largest absolute Gasteiger partial charge is 0.504 e. The van der Waals surface area contributed by atoms with Gasteiger partial charge in [0.1, 0.15) is 5.82 Å². The number of aromatic hydroxyl groups is 1. The number of nitro groups is 1. The van der Waals surface area contributed by atoms with Crippen LogP contribution in [0.25, 0.3) is 0 Å². The van der Waals surface area contributed by atoms with E-state index in [2.05, 4.69) is 0 Å². The SMILES string of the molecule is COc1cc([C@H]2C3=CC[C@@H]4C(=O)N(c5ccc([N+](=O)[O-])cc5)C(=O)[C@@H]4[C@@H]3C[C@@]3(Cl)C(=O)N(c4ccc(F)cc4)C(=O)[C@@]23Cl)cc(I)c1O. The van der Waals surface area contributed by atoms with Crippen LogP contribution < -0.4 is 14.5 Å². The highest BCUT2D eigenvalue weighted by Crippen LogP contribution is 2.66. The molecule has 7 rings (SSSR count). The lowest BCUT2D eigenvalue weighted by molar-refractivity contribution is -0.384. The molecule has 48 heavy (non-hydrogen) atoms. The fourth-order valence-electron chi connectivity index (χ4n) is 7.67. The maximum atomic E-state index is 14.5. The van der Waals surface area contributed by atoms with E-state index >= 15 is 0 Å². The van der Waals surface area contributed by atoms with Crippen molar-refractivity contribution in [1.29, 1.82) is 0 Å². The van der Waals surface area contributed by atoms with Crippen molar-refractivity contribution >= 4 is 86.5 Å². The van der Waals surface area contributed by atoms with Crippen molar-refractivity contribution in [2.75, 3.05) is 16.9 Å². The summed E-state index contributed by atoms with van der Waals surface area (Å²) in [5.74, 6) is -7.35. The van der Waals surface area contributed by atoms with E-state index < -0.39 is 67.8 Å². The number of allylic oxidation sites excluding steroid dienone is 2. The molecule has 3 fully saturated rings. The van der Waals surface area contributed by atoms with Gasteiger partial charge in [-0.15, -0.1) is 23.2 Å². The zero-order chi connectivity index (χ0) is 34.4. The van der Waals surface area contributed by atoms with E-state index in [0.717, 1.165) is 21.9 Å². The van der Waals surface area contributed by atoms with Gasteiger partial charge >= 0.3 is 0 Å². The molecule has 15 heteroatoms. The molecule has 6 atom stereocenters. The number of hydrogen-bond acceptors (Lipinski definition) is 8. The Balaban J connectivity index is 1.39. The van der Waals surface area contributed by atoms with Gasteiger partial charge in [0, 0.05) is 18.1 Å². The molecule has 2 aliphatic carbocycles. The summed E-state index contributed by atoms with van der Waals surface area (Å²) in [6, 6.07) is 12.8. The van der Waals surface area contributed by atoms with E-state index in [9.17, 15) is 38.8 Å². The van der Waals surface area contributed by atoms with Crippen molar-refractivity contribution in [3.05, 3.63) is 97.4 Å². The number of anilines is 2. The number of phenolic OH excluding ortho intramolecular Hbond substituents is 1. The molecule has 1 N–H and O–H groups in total. The van der Waals surface area contributed by atoms with Gasteiger partial charge in [0.2, 0.25) is 11.8 Å². The molecular formula is C33H23Cl2FIN3O8. The molecule has 0 spiro atoms. The first kappa shape index (κ1) is 32.5. The quantitative estimate of drug-likeness (QED) is 0.0848. The molecule has 3 aromatic rings. The number of carbonyl (C=O) groups excluding carboxylic acids is 4. The number of non-ortho nitro benzene ring substituents is 1. The zero-order valence-electron chi connectivity index (χ0n) is 24.7. The number of halogens is 4. The number of alkyl halides is 2. The number of hydrogen-bond donors (Lipinski definition) is 1. The van der Waals surface area contributed by atoms with Crippen LogP contribution in [-0.4, -0.2) is 50.5 Å². The molecule has 11 nitrogen and oxygen atoms in total. The van der Waals surface area contributed by atoms with Crippen molar-refractivity contribution < 1.29 is 38.3 Å². The summed E-state index contributed by atoms with van der Waals surface area (Å²) in [5, 5.41) is 21.9. The number of nitro benzene ring substituents is 1. The van der Waals surface area contributed by atoms with Gasteiger partial charge in [0.25, 0.3) is 17.5 Å². The molecule has 2 saturated heterocycles. The average molecular weight is 806 g/mol. The number of benzene rings is 3. The summed E-state index contributed by atoms with van der Waals surface area (Å²) in [6.45, 7) is 0. The monoisotopic (exact) mass is 805 g/mol. The first-order chi connectivity index (χ1) is 22.7. The van der Waals surface area contributed by atoms with Crippen LogP contribution >= 0.6 is 45.8 Å². The Bertz CT molecular complexity index is 1990. The van der Waals surface area contributed by atoms with E-state index in [1.807, 2.05) is 22.6 Å². The van der Waals surface area contributed by atoms with Gasteiger partial charge in [-0.3, -0.25) is 34.2 Å². The van der Waals surface area contributed by atoms with Crippen LogP contribution in [0, 0.1) is 37.3 Å². The maximum absolute atomic E-state index is 14.5. The molecule has 246 valence electrons. The number of methoxy groups -OCH3 is 1. The molecule has 3 aromatic carbocycles. The van der Waals surface area contributed by atoms with E-state index in [0.29, 0.717) is 14.7 Å². The van der Waals surface area contributed by atoms with Crippen LogP contribution in [0.15, 0.2) is 72.3 Å². The van der Waals surface area contributed by atoms with Gasteiger partial charge in [-0.25, -0.2) is 9.29 Å². The molecule has 4 aliphatic rings.